The summed E-state index contributed by atoms with van der Waals surface area (Å²) in [6, 6.07) is 7.50. The smallest absolute Gasteiger partial charge is 0.240 e. The van der Waals surface area contributed by atoms with Crippen molar-refractivity contribution in [3.05, 3.63) is 24.3 Å². The van der Waals surface area contributed by atoms with E-state index in [1.807, 2.05) is 12.1 Å². The molecule has 2 rings (SSSR count). The molecule has 0 heterocycles. The molecule has 1 aromatic carbocycles. The quantitative estimate of drug-likeness (QED) is 0.872. The van der Waals surface area contributed by atoms with E-state index in [2.05, 4.69) is 17.0 Å². The molecule has 2 unspecified atom stereocenters. The number of benzene rings is 1. The van der Waals surface area contributed by atoms with Crippen LogP contribution in [0, 0.1) is 5.92 Å². The number of hydrogen-bond acceptors (Lipinski definition) is 3. The van der Waals surface area contributed by atoms with Crippen molar-refractivity contribution in [2.24, 2.45) is 5.92 Å². The third kappa shape index (κ3) is 3.28. The summed E-state index contributed by atoms with van der Waals surface area (Å²) in [5.41, 5.74) is 1.00. The molecule has 2 atom stereocenters. The van der Waals surface area contributed by atoms with Gasteiger partial charge in [-0.15, -0.1) is 0 Å². The predicted molar refractivity (Wildman–Crippen MR) is 77.7 cm³/mol. The first kappa shape index (κ1) is 14.3. The zero-order valence-electron chi connectivity index (χ0n) is 11.5. The zero-order valence-corrected chi connectivity index (χ0v) is 12.3. The molecule has 1 aliphatic rings. The van der Waals surface area contributed by atoms with Crippen molar-refractivity contribution in [2.75, 3.05) is 12.4 Å². The van der Waals surface area contributed by atoms with E-state index in [4.69, 9.17) is 0 Å². The van der Waals surface area contributed by atoms with Gasteiger partial charge in [-0.1, -0.05) is 19.8 Å². The first-order valence-electron chi connectivity index (χ1n) is 6.87. The van der Waals surface area contributed by atoms with E-state index in [9.17, 15) is 8.42 Å². The first-order valence-corrected chi connectivity index (χ1v) is 8.35. The van der Waals surface area contributed by atoms with Crippen molar-refractivity contribution >= 4 is 15.7 Å². The van der Waals surface area contributed by atoms with Crippen LogP contribution < -0.4 is 10.0 Å². The lowest BCUT2D eigenvalue weighted by atomic mass is 10.0. The molecule has 0 bridgehead atoms. The van der Waals surface area contributed by atoms with E-state index in [1.165, 1.54) is 32.7 Å². The Morgan fingerprint density at radius 2 is 1.89 bits per heavy atom. The lowest BCUT2D eigenvalue weighted by Gasteiger charge is -2.21. The van der Waals surface area contributed by atoms with Gasteiger partial charge in [0.1, 0.15) is 0 Å². The molecule has 0 aliphatic heterocycles. The molecule has 2 N–H and O–H groups in total. The highest BCUT2D eigenvalue weighted by atomic mass is 32.2. The average molecular weight is 282 g/mol. The highest BCUT2D eigenvalue weighted by Crippen LogP contribution is 2.30. The molecular weight excluding hydrogens is 260 g/mol. The first-order chi connectivity index (χ1) is 9.06. The third-order valence-corrected chi connectivity index (χ3v) is 5.40. The second-order valence-electron chi connectivity index (χ2n) is 5.08. The number of rotatable bonds is 5. The van der Waals surface area contributed by atoms with Gasteiger partial charge in [-0.2, -0.15) is 0 Å². The summed E-state index contributed by atoms with van der Waals surface area (Å²) < 4.78 is 25.6. The maximum atomic E-state index is 11.6. The second kappa shape index (κ2) is 5.92. The van der Waals surface area contributed by atoms with Gasteiger partial charge in [0.2, 0.25) is 10.0 Å². The van der Waals surface area contributed by atoms with E-state index >= 15 is 0 Å². The minimum atomic E-state index is -3.34. The van der Waals surface area contributed by atoms with Gasteiger partial charge < -0.3 is 5.32 Å². The highest BCUT2D eigenvalue weighted by Gasteiger charge is 2.25. The van der Waals surface area contributed by atoms with Crippen LogP contribution in [-0.4, -0.2) is 21.5 Å². The van der Waals surface area contributed by atoms with Crippen LogP contribution in [0.15, 0.2) is 29.2 Å². The molecule has 0 aromatic heterocycles. The van der Waals surface area contributed by atoms with Gasteiger partial charge in [0.15, 0.2) is 0 Å². The summed E-state index contributed by atoms with van der Waals surface area (Å²) in [6.07, 6.45) is 4.97. The monoisotopic (exact) mass is 282 g/mol. The summed E-state index contributed by atoms with van der Waals surface area (Å²) in [5, 5.41) is 3.52. The molecule has 1 fully saturated rings. The summed E-state index contributed by atoms with van der Waals surface area (Å²) in [5.74, 6) is 0.737. The fourth-order valence-corrected chi connectivity index (χ4v) is 3.51. The second-order valence-corrected chi connectivity index (χ2v) is 6.97. The molecule has 1 saturated carbocycles. The van der Waals surface area contributed by atoms with Gasteiger partial charge in [-0.25, -0.2) is 13.1 Å². The average Bonchev–Trinajstić information content (AvgIpc) is 2.86. The zero-order chi connectivity index (χ0) is 13.9. The lowest BCUT2D eigenvalue weighted by molar-refractivity contribution is 0.489. The Balaban J connectivity index is 2.07. The SMILES string of the molecule is CCC1CCCC1Nc1ccc(S(=O)(=O)NC)cc1. The third-order valence-electron chi connectivity index (χ3n) is 3.97. The van der Waals surface area contributed by atoms with Gasteiger partial charge in [-0.3, -0.25) is 0 Å². The predicted octanol–water partition coefficient (Wildman–Crippen LogP) is 2.59. The van der Waals surface area contributed by atoms with Crippen molar-refractivity contribution in [3.63, 3.8) is 0 Å². The molecule has 0 saturated heterocycles. The van der Waals surface area contributed by atoms with Crippen molar-refractivity contribution in [1.82, 2.24) is 4.72 Å². The minimum Gasteiger partial charge on any atom is -0.382 e. The van der Waals surface area contributed by atoms with Gasteiger partial charge in [0, 0.05) is 11.7 Å². The lowest BCUT2D eigenvalue weighted by Crippen LogP contribution is -2.23. The molecule has 1 aliphatic carbocycles. The Hall–Kier alpha value is -1.07. The number of hydrogen-bond donors (Lipinski definition) is 2. The van der Waals surface area contributed by atoms with E-state index in [0.29, 0.717) is 10.9 Å². The molecule has 1 aromatic rings. The molecule has 5 heteroatoms. The van der Waals surface area contributed by atoms with Crippen LogP contribution in [0.5, 0.6) is 0 Å². The standard InChI is InChI=1S/C14H22N2O2S/c1-3-11-5-4-6-14(11)16-12-7-9-13(10-8-12)19(17,18)15-2/h7-11,14-16H,3-6H2,1-2H3. The summed E-state index contributed by atoms with van der Waals surface area (Å²) in [4.78, 5) is 0.305. The van der Waals surface area contributed by atoms with Crippen molar-refractivity contribution in [1.29, 1.82) is 0 Å². The maximum absolute atomic E-state index is 11.6. The Labute approximate surface area is 115 Å². The van der Waals surface area contributed by atoms with Gasteiger partial charge in [-0.05, 0) is 50.1 Å². The summed E-state index contributed by atoms with van der Waals surface area (Å²) >= 11 is 0. The van der Waals surface area contributed by atoms with E-state index in [0.717, 1.165) is 11.6 Å². The Kier molecular flexibility index (Phi) is 4.47. The molecule has 0 radical (unpaired) electrons. The van der Waals surface area contributed by atoms with Crippen molar-refractivity contribution < 1.29 is 8.42 Å². The normalized spacial score (nSPS) is 23.5. The van der Waals surface area contributed by atoms with Crippen LogP contribution in [0.4, 0.5) is 5.69 Å². The van der Waals surface area contributed by atoms with Gasteiger partial charge in [0.25, 0.3) is 0 Å². The van der Waals surface area contributed by atoms with E-state index in [-0.39, 0.29) is 0 Å². The summed E-state index contributed by atoms with van der Waals surface area (Å²) in [6.45, 7) is 2.23. The number of sulfonamides is 1. The Morgan fingerprint density at radius 1 is 1.21 bits per heavy atom. The Morgan fingerprint density at radius 3 is 2.47 bits per heavy atom. The Bertz CT molecular complexity index is 511. The van der Waals surface area contributed by atoms with Crippen LogP contribution >= 0.6 is 0 Å². The molecule has 4 nitrogen and oxygen atoms in total. The highest BCUT2D eigenvalue weighted by molar-refractivity contribution is 7.89. The van der Waals surface area contributed by atoms with E-state index in [1.54, 1.807) is 12.1 Å². The van der Waals surface area contributed by atoms with Crippen LogP contribution in [0.1, 0.15) is 32.6 Å². The molecular formula is C14H22N2O2S. The topological polar surface area (TPSA) is 58.2 Å². The fourth-order valence-electron chi connectivity index (χ4n) is 2.78. The van der Waals surface area contributed by atoms with Crippen LogP contribution in [-0.2, 0) is 10.0 Å². The molecule has 0 amide bonds. The van der Waals surface area contributed by atoms with Gasteiger partial charge in [0.05, 0.1) is 4.90 Å². The van der Waals surface area contributed by atoms with Crippen LogP contribution in [0.2, 0.25) is 0 Å². The van der Waals surface area contributed by atoms with Crippen molar-refractivity contribution in [3.8, 4) is 0 Å². The summed E-state index contributed by atoms with van der Waals surface area (Å²) in [7, 11) is -1.91. The van der Waals surface area contributed by atoms with Crippen LogP contribution in [0.25, 0.3) is 0 Å². The number of nitrogens with one attached hydrogen (secondary N) is 2. The molecule has 0 spiro atoms. The molecule has 106 valence electrons. The van der Waals surface area contributed by atoms with Gasteiger partial charge >= 0.3 is 0 Å². The largest absolute Gasteiger partial charge is 0.382 e. The minimum absolute atomic E-state index is 0.305. The van der Waals surface area contributed by atoms with E-state index < -0.39 is 10.0 Å². The fraction of sp³-hybridized carbons (Fsp3) is 0.571. The van der Waals surface area contributed by atoms with Crippen molar-refractivity contribution in [2.45, 2.75) is 43.5 Å². The van der Waals surface area contributed by atoms with Crippen LogP contribution in [0.3, 0.4) is 0 Å². The molecule has 19 heavy (non-hydrogen) atoms. The number of anilines is 1. The maximum Gasteiger partial charge on any atom is 0.240 e.